The van der Waals surface area contributed by atoms with Crippen molar-refractivity contribution in [2.45, 2.75) is 51.6 Å². The smallest absolute Gasteiger partial charge is 0.371 e. The van der Waals surface area contributed by atoms with Gasteiger partial charge in [-0.25, -0.2) is 14.8 Å². The summed E-state index contributed by atoms with van der Waals surface area (Å²) < 4.78 is 5.43. The van der Waals surface area contributed by atoms with Crippen molar-refractivity contribution in [2.75, 3.05) is 18.5 Å². The first-order chi connectivity index (χ1) is 19.5. The number of aliphatic hydroxyl groups is 1. The van der Waals surface area contributed by atoms with E-state index in [-0.39, 0.29) is 28.5 Å². The van der Waals surface area contributed by atoms with Crippen LogP contribution in [0.25, 0.3) is 5.57 Å². The zero-order chi connectivity index (χ0) is 29.6. The van der Waals surface area contributed by atoms with Crippen LogP contribution in [-0.2, 0) is 10.3 Å². The zero-order valence-corrected chi connectivity index (χ0v) is 22.8. The number of nitrogens with zero attached hydrogens (tertiary/aromatic N) is 4. The van der Waals surface area contributed by atoms with Crippen molar-refractivity contribution in [1.82, 2.24) is 19.9 Å². The number of benzene rings is 1. The van der Waals surface area contributed by atoms with Crippen LogP contribution in [0, 0.1) is 28.1 Å². The van der Waals surface area contributed by atoms with Crippen LogP contribution in [0.2, 0.25) is 0 Å². The average Bonchev–Trinajstić information content (AvgIpc) is 3.64. The summed E-state index contributed by atoms with van der Waals surface area (Å²) in [4.78, 5) is 35.3. The maximum Gasteiger partial charge on any atom is 0.371 e. The minimum Gasteiger partial charge on any atom is -0.475 e. The van der Waals surface area contributed by atoms with Crippen LogP contribution in [0.15, 0.2) is 36.7 Å². The topological polar surface area (TPSA) is 201 Å². The van der Waals surface area contributed by atoms with Crippen molar-refractivity contribution < 1.29 is 24.5 Å². The second-order valence-corrected chi connectivity index (χ2v) is 10.8. The first kappa shape index (κ1) is 29.2. The molecule has 1 fully saturated rings. The molecule has 0 radical (unpaired) electrons. The summed E-state index contributed by atoms with van der Waals surface area (Å²) in [6.07, 6.45) is 8.77. The Bertz CT molecular complexity index is 1550. The van der Waals surface area contributed by atoms with E-state index in [2.05, 4.69) is 45.2 Å². The average molecular weight is 558 g/mol. The fourth-order valence-electron chi connectivity index (χ4n) is 4.69. The number of nitriles is 2. The third-order valence-corrected chi connectivity index (χ3v) is 7.25. The molecule has 41 heavy (non-hydrogen) atoms. The summed E-state index contributed by atoms with van der Waals surface area (Å²) in [5.74, 6) is -1.69. The monoisotopic (exact) mass is 557 g/mol. The van der Waals surface area contributed by atoms with Gasteiger partial charge in [0.05, 0.1) is 18.0 Å². The lowest BCUT2D eigenvalue weighted by atomic mass is 9.76. The largest absolute Gasteiger partial charge is 0.475 e. The normalized spacial score (nSPS) is 17.1. The molecule has 0 atom stereocenters. The highest BCUT2D eigenvalue weighted by Gasteiger charge is 2.33. The Kier molecular flexibility index (Phi) is 8.67. The summed E-state index contributed by atoms with van der Waals surface area (Å²) in [5, 5.41) is 39.6. The van der Waals surface area contributed by atoms with E-state index < -0.39 is 17.5 Å². The molecule has 0 spiro atoms. The molecule has 5 N–H and O–H groups in total. The maximum absolute atomic E-state index is 12.7. The summed E-state index contributed by atoms with van der Waals surface area (Å²) >= 11 is 0. The molecule has 1 amide bonds. The van der Waals surface area contributed by atoms with Gasteiger partial charge in [-0.15, -0.1) is 0 Å². The molecule has 212 valence electrons. The lowest BCUT2D eigenvalue weighted by molar-refractivity contribution is -0.0679. The number of amides is 1. The molecule has 12 nitrogen and oxygen atoms in total. The Morgan fingerprint density at radius 1 is 1.02 bits per heavy atom. The highest BCUT2D eigenvalue weighted by atomic mass is 16.5. The summed E-state index contributed by atoms with van der Waals surface area (Å²) in [5.41, 5.74) is 3.33. The second-order valence-electron chi connectivity index (χ2n) is 10.8. The van der Waals surface area contributed by atoms with Crippen molar-refractivity contribution in [3.8, 4) is 12.1 Å². The quantitative estimate of drug-likeness (QED) is 0.306. The molecule has 1 saturated heterocycles. The first-order valence-electron chi connectivity index (χ1n) is 13.1. The Morgan fingerprint density at radius 3 is 2.20 bits per heavy atom. The van der Waals surface area contributed by atoms with Crippen LogP contribution in [0.4, 0.5) is 5.69 Å². The molecular weight excluding hydrogens is 526 g/mol. The van der Waals surface area contributed by atoms with Gasteiger partial charge in [0.2, 0.25) is 5.82 Å². The van der Waals surface area contributed by atoms with E-state index in [0.29, 0.717) is 31.7 Å². The Balaban J connectivity index is 0.000000328. The standard InChI is InChI=1S/C24H28N4O3.C5H3N3O2/c1-23(2)7-5-16(6-8-23)19-13-17(24(30)9-11-31-12-10-24)3-4-20(19)28-22(29)21-26-15-18(14-25)27-21;6-1-3-2-7-4(8-3)5(9)10/h3-5,13,15,30H,6-12H2,1-2H3,(H,26,27)(H,28,29);2H,(H,7,8)(H,9,10). The highest BCUT2D eigenvalue weighted by Crippen LogP contribution is 2.42. The molecule has 1 aliphatic carbocycles. The number of imidazole rings is 2. The summed E-state index contributed by atoms with van der Waals surface area (Å²) in [7, 11) is 0. The molecule has 0 unspecified atom stereocenters. The van der Waals surface area contributed by atoms with Gasteiger partial charge in [-0.3, -0.25) is 4.79 Å². The number of hydrogen-bond acceptors (Lipinski definition) is 8. The van der Waals surface area contributed by atoms with Crippen LogP contribution in [-0.4, -0.2) is 55.2 Å². The van der Waals surface area contributed by atoms with E-state index in [4.69, 9.17) is 20.4 Å². The number of ether oxygens (including phenoxy) is 1. The number of hydrogen-bond donors (Lipinski definition) is 5. The molecule has 5 rings (SSSR count). The molecule has 3 heterocycles. The number of rotatable bonds is 5. The number of carboxylic acids is 1. The molecule has 2 aromatic heterocycles. The number of allylic oxidation sites excluding steroid dienone is 2. The molecule has 0 saturated carbocycles. The SMILES string of the molecule is CC1(C)CC=C(c2cc(C3(O)CCOCC3)ccc2NC(=O)c2ncc(C#N)[nH]2)CC1.N#Cc1cnc(C(=O)O)[nH]1. The number of aromatic carboxylic acids is 1. The van der Waals surface area contributed by atoms with E-state index in [1.807, 2.05) is 24.3 Å². The number of carbonyl (C=O) groups is 2. The van der Waals surface area contributed by atoms with E-state index >= 15 is 0 Å². The molecule has 1 aromatic carbocycles. The van der Waals surface area contributed by atoms with Gasteiger partial charge in [0.25, 0.3) is 5.91 Å². The van der Waals surface area contributed by atoms with Gasteiger partial charge >= 0.3 is 5.97 Å². The van der Waals surface area contributed by atoms with Crippen molar-refractivity contribution in [3.63, 3.8) is 0 Å². The van der Waals surface area contributed by atoms with Crippen molar-refractivity contribution in [1.29, 1.82) is 10.5 Å². The number of nitrogens with one attached hydrogen (secondary N) is 3. The summed E-state index contributed by atoms with van der Waals surface area (Å²) in [6, 6.07) is 9.40. The molecule has 0 bridgehead atoms. The lowest BCUT2D eigenvalue weighted by Crippen LogP contribution is -2.33. The van der Waals surface area contributed by atoms with Crippen LogP contribution in [0.1, 0.15) is 89.7 Å². The second kappa shape index (κ2) is 12.2. The van der Waals surface area contributed by atoms with E-state index in [0.717, 1.165) is 30.4 Å². The third kappa shape index (κ3) is 7.06. The highest BCUT2D eigenvalue weighted by molar-refractivity contribution is 6.03. The number of carbonyl (C=O) groups excluding carboxylic acids is 1. The number of anilines is 1. The van der Waals surface area contributed by atoms with Crippen molar-refractivity contribution in [3.05, 3.63) is 70.8 Å². The number of aromatic amines is 2. The van der Waals surface area contributed by atoms with Gasteiger partial charge in [-0.05, 0) is 47.9 Å². The van der Waals surface area contributed by atoms with Gasteiger partial charge in [0.1, 0.15) is 23.5 Å². The predicted octanol–water partition coefficient (Wildman–Crippen LogP) is 4.10. The molecule has 12 heteroatoms. The van der Waals surface area contributed by atoms with Gasteiger partial charge in [0.15, 0.2) is 5.82 Å². The fraction of sp³-hybridized carbons (Fsp3) is 0.379. The van der Waals surface area contributed by atoms with Crippen molar-refractivity contribution in [2.24, 2.45) is 5.41 Å². The third-order valence-electron chi connectivity index (χ3n) is 7.25. The maximum atomic E-state index is 12.7. The Morgan fingerprint density at radius 2 is 1.66 bits per heavy atom. The minimum atomic E-state index is -1.17. The van der Waals surface area contributed by atoms with Gasteiger partial charge in [0, 0.05) is 37.3 Å². The van der Waals surface area contributed by atoms with E-state index in [1.54, 1.807) is 6.07 Å². The van der Waals surface area contributed by atoms with Crippen LogP contribution < -0.4 is 5.32 Å². The van der Waals surface area contributed by atoms with E-state index in [1.165, 1.54) is 18.0 Å². The fourth-order valence-corrected chi connectivity index (χ4v) is 4.69. The summed E-state index contributed by atoms with van der Waals surface area (Å²) in [6.45, 7) is 5.57. The van der Waals surface area contributed by atoms with Gasteiger partial charge in [-0.1, -0.05) is 26.0 Å². The predicted molar refractivity (Wildman–Crippen MR) is 148 cm³/mol. The van der Waals surface area contributed by atoms with Crippen LogP contribution in [0.5, 0.6) is 0 Å². The number of H-pyrrole nitrogens is 2. The van der Waals surface area contributed by atoms with Gasteiger partial charge in [-0.2, -0.15) is 10.5 Å². The van der Waals surface area contributed by atoms with E-state index in [9.17, 15) is 14.7 Å². The molecular formula is C29H31N7O5. The first-order valence-corrected chi connectivity index (χ1v) is 13.1. The van der Waals surface area contributed by atoms with Crippen LogP contribution >= 0.6 is 0 Å². The molecule has 3 aromatic rings. The van der Waals surface area contributed by atoms with Gasteiger partial charge < -0.3 is 30.2 Å². The number of carboxylic acid groups (broad SMARTS) is 1. The Labute approximate surface area is 236 Å². The molecule has 1 aliphatic heterocycles. The zero-order valence-electron chi connectivity index (χ0n) is 22.8. The van der Waals surface area contributed by atoms with Crippen molar-refractivity contribution >= 4 is 23.1 Å². The number of aromatic nitrogens is 4. The lowest BCUT2D eigenvalue weighted by Gasteiger charge is -2.34. The molecule has 2 aliphatic rings. The minimum absolute atomic E-state index is 0.0911. The Hall–Kier alpha value is -4.78. The van der Waals surface area contributed by atoms with Crippen LogP contribution in [0.3, 0.4) is 0 Å².